The van der Waals surface area contributed by atoms with Gasteiger partial charge >= 0.3 is 5.97 Å². The van der Waals surface area contributed by atoms with E-state index in [1.165, 1.54) is 17.8 Å². The summed E-state index contributed by atoms with van der Waals surface area (Å²) < 4.78 is 32.8. The van der Waals surface area contributed by atoms with E-state index in [1.54, 1.807) is 6.92 Å². The number of ether oxygens (including phenoxy) is 1. The van der Waals surface area contributed by atoms with Crippen molar-refractivity contribution in [1.82, 2.24) is 9.29 Å². The van der Waals surface area contributed by atoms with Gasteiger partial charge in [0.2, 0.25) is 10.0 Å². The van der Waals surface area contributed by atoms with Crippen LogP contribution in [0.3, 0.4) is 0 Å². The van der Waals surface area contributed by atoms with Crippen LogP contribution in [0.25, 0.3) is 0 Å². The Morgan fingerprint density at radius 2 is 2.21 bits per heavy atom. The topological polar surface area (TPSA) is 97.6 Å². The van der Waals surface area contributed by atoms with E-state index < -0.39 is 22.0 Å². The molecular weight excluding hydrogens is 272 g/mol. The minimum atomic E-state index is -3.74. The highest BCUT2D eigenvalue weighted by Gasteiger charge is 2.21. The van der Waals surface area contributed by atoms with Gasteiger partial charge in [-0.3, -0.25) is 0 Å². The number of rotatable bonds is 7. The molecule has 1 unspecified atom stereocenters. The van der Waals surface area contributed by atoms with Gasteiger partial charge in [0.05, 0.1) is 6.61 Å². The molecule has 0 fully saturated rings. The highest BCUT2D eigenvalue weighted by atomic mass is 32.2. The zero-order valence-corrected chi connectivity index (χ0v) is 11.9. The molecule has 0 aliphatic rings. The molecular formula is C11H18N2O5S. The summed E-state index contributed by atoms with van der Waals surface area (Å²) in [5.41, 5.74) is -0.0853. The lowest BCUT2D eigenvalue weighted by Gasteiger charge is -2.12. The third kappa shape index (κ3) is 4.05. The van der Waals surface area contributed by atoms with Crippen LogP contribution in [-0.2, 0) is 21.8 Å². The molecule has 0 aromatic carbocycles. The van der Waals surface area contributed by atoms with Crippen LogP contribution in [0.15, 0.2) is 17.2 Å². The molecule has 0 saturated carbocycles. The number of carboxylic acids is 1. The average Bonchev–Trinajstić information content (AvgIpc) is 2.69. The fraction of sp³-hybridized carbons (Fsp3) is 0.545. The second-order valence-electron chi connectivity index (χ2n) is 4.16. The monoisotopic (exact) mass is 290 g/mol. The van der Waals surface area contributed by atoms with Gasteiger partial charge in [-0.1, -0.05) is 0 Å². The maximum absolute atomic E-state index is 12.0. The summed E-state index contributed by atoms with van der Waals surface area (Å²) in [6, 6.07) is 0.733. The number of aryl methyl sites for hydroxylation is 1. The SMILES string of the molecule is CCOCC(C)NS(=O)(=O)c1cc(C(=O)O)n(C)c1. The van der Waals surface area contributed by atoms with Crippen molar-refractivity contribution in [1.29, 1.82) is 0 Å². The fourth-order valence-electron chi connectivity index (χ4n) is 1.56. The maximum Gasteiger partial charge on any atom is 0.352 e. The lowest BCUT2D eigenvalue weighted by Crippen LogP contribution is -2.35. The van der Waals surface area contributed by atoms with E-state index in [1.807, 2.05) is 6.92 Å². The van der Waals surface area contributed by atoms with Crippen LogP contribution in [0.5, 0.6) is 0 Å². The summed E-state index contributed by atoms with van der Waals surface area (Å²) in [6.07, 6.45) is 1.26. The second-order valence-corrected chi connectivity index (χ2v) is 5.87. The molecule has 1 rings (SSSR count). The summed E-state index contributed by atoms with van der Waals surface area (Å²) in [5.74, 6) is -1.17. The quantitative estimate of drug-likeness (QED) is 0.758. The number of carbonyl (C=O) groups is 1. The largest absolute Gasteiger partial charge is 0.477 e. The lowest BCUT2D eigenvalue weighted by atomic mass is 10.4. The first-order valence-electron chi connectivity index (χ1n) is 5.77. The molecule has 7 nitrogen and oxygen atoms in total. The van der Waals surface area contributed by atoms with E-state index in [2.05, 4.69) is 4.72 Å². The molecule has 1 aromatic heterocycles. The molecule has 0 aliphatic carbocycles. The molecule has 2 N–H and O–H groups in total. The molecule has 1 atom stereocenters. The molecule has 19 heavy (non-hydrogen) atoms. The number of sulfonamides is 1. The van der Waals surface area contributed by atoms with Gasteiger partial charge in [0.15, 0.2) is 0 Å². The maximum atomic E-state index is 12.0. The van der Waals surface area contributed by atoms with Gasteiger partial charge in [-0.05, 0) is 19.9 Å². The van der Waals surface area contributed by atoms with Crippen molar-refractivity contribution in [3.05, 3.63) is 18.0 Å². The smallest absolute Gasteiger partial charge is 0.352 e. The average molecular weight is 290 g/mol. The summed E-state index contributed by atoms with van der Waals surface area (Å²) in [5, 5.41) is 8.89. The third-order valence-corrected chi connectivity index (χ3v) is 3.99. The van der Waals surface area contributed by atoms with Crippen molar-refractivity contribution in [2.45, 2.75) is 24.8 Å². The fourth-order valence-corrected chi connectivity index (χ4v) is 2.85. The number of hydrogen-bond acceptors (Lipinski definition) is 4. The van der Waals surface area contributed by atoms with Crippen molar-refractivity contribution in [2.75, 3.05) is 13.2 Å². The summed E-state index contributed by atoms with van der Waals surface area (Å²) >= 11 is 0. The number of carboxylic acid groups (broad SMARTS) is 1. The normalized spacial score (nSPS) is 13.4. The molecule has 1 heterocycles. The first-order chi connectivity index (χ1) is 8.77. The summed E-state index contributed by atoms with van der Waals surface area (Å²) in [4.78, 5) is 10.8. The van der Waals surface area contributed by atoms with Crippen LogP contribution >= 0.6 is 0 Å². The van der Waals surface area contributed by atoms with E-state index in [-0.39, 0.29) is 17.2 Å². The predicted molar refractivity (Wildman–Crippen MR) is 68.6 cm³/mol. The Bertz CT molecular complexity index is 549. The van der Waals surface area contributed by atoms with Crippen molar-refractivity contribution >= 4 is 16.0 Å². The van der Waals surface area contributed by atoms with Gasteiger partial charge in [0.25, 0.3) is 0 Å². The van der Waals surface area contributed by atoms with Crippen molar-refractivity contribution < 1.29 is 23.1 Å². The number of aromatic nitrogens is 1. The van der Waals surface area contributed by atoms with Crippen LogP contribution in [0.2, 0.25) is 0 Å². The Kier molecular flexibility index (Phi) is 5.10. The van der Waals surface area contributed by atoms with Crippen LogP contribution in [0, 0.1) is 0 Å². The highest BCUT2D eigenvalue weighted by Crippen LogP contribution is 2.13. The Balaban J connectivity index is 2.89. The van der Waals surface area contributed by atoms with Crippen LogP contribution in [0.1, 0.15) is 24.3 Å². The number of nitrogens with one attached hydrogen (secondary N) is 1. The van der Waals surface area contributed by atoms with E-state index in [0.29, 0.717) is 6.61 Å². The van der Waals surface area contributed by atoms with Gasteiger partial charge in [0, 0.05) is 25.9 Å². The number of aromatic carboxylic acids is 1. The zero-order valence-electron chi connectivity index (χ0n) is 11.1. The molecule has 0 radical (unpaired) electrons. The first-order valence-corrected chi connectivity index (χ1v) is 7.26. The second kappa shape index (κ2) is 6.18. The molecule has 0 amide bonds. The van der Waals surface area contributed by atoms with E-state index in [4.69, 9.17) is 9.84 Å². The molecule has 0 spiro atoms. The highest BCUT2D eigenvalue weighted by molar-refractivity contribution is 7.89. The number of hydrogen-bond donors (Lipinski definition) is 2. The first kappa shape index (κ1) is 15.7. The van der Waals surface area contributed by atoms with Crippen LogP contribution in [-0.4, -0.2) is 43.3 Å². The third-order valence-electron chi connectivity index (χ3n) is 2.44. The van der Waals surface area contributed by atoms with Crippen LogP contribution in [0.4, 0.5) is 0 Å². The standard InChI is InChI=1S/C11H18N2O5S/c1-4-18-7-8(2)12-19(16,17)9-5-10(11(14)15)13(3)6-9/h5-6,8,12H,4,7H2,1-3H3,(H,14,15). The number of nitrogens with zero attached hydrogens (tertiary/aromatic N) is 1. The van der Waals surface area contributed by atoms with Crippen molar-refractivity contribution in [3.8, 4) is 0 Å². The van der Waals surface area contributed by atoms with Crippen LogP contribution < -0.4 is 4.72 Å². The summed E-state index contributed by atoms with van der Waals surface area (Å²) in [6.45, 7) is 4.25. The zero-order chi connectivity index (χ0) is 14.6. The van der Waals surface area contributed by atoms with Crippen molar-refractivity contribution in [2.24, 2.45) is 7.05 Å². The lowest BCUT2D eigenvalue weighted by molar-refractivity contribution is 0.0686. The molecule has 0 aliphatic heterocycles. The van der Waals surface area contributed by atoms with Gasteiger partial charge < -0.3 is 14.4 Å². The van der Waals surface area contributed by atoms with Gasteiger partial charge in [-0.15, -0.1) is 0 Å². The Hall–Kier alpha value is -1.38. The van der Waals surface area contributed by atoms with Crippen molar-refractivity contribution in [3.63, 3.8) is 0 Å². The molecule has 0 bridgehead atoms. The Morgan fingerprint density at radius 1 is 1.58 bits per heavy atom. The Labute approximate surface area is 112 Å². The summed E-state index contributed by atoms with van der Waals surface area (Å²) in [7, 11) is -2.26. The minimum Gasteiger partial charge on any atom is -0.477 e. The molecule has 0 saturated heterocycles. The van der Waals surface area contributed by atoms with E-state index in [9.17, 15) is 13.2 Å². The molecule has 108 valence electrons. The van der Waals surface area contributed by atoms with E-state index >= 15 is 0 Å². The van der Waals surface area contributed by atoms with Gasteiger partial charge in [-0.2, -0.15) is 0 Å². The van der Waals surface area contributed by atoms with E-state index in [0.717, 1.165) is 6.07 Å². The Morgan fingerprint density at radius 3 is 2.68 bits per heavy atom. The predicted octanol–water partition coefficient (Wildman–Crippen LogP) is 0.427. The molecule has 1 aromatic rings. The molecule has 8 heteroatoms. The van der Waals surface area contributed by atoms with Gasteiger partial charge in [0.1, 0.15) is 10.6 Å². The minimum absolute atomic E-state index is 0.0734. The van der Waals surface area contributed by atoms with Gasteiger partial charge in [-0.25, -0.2) is 17.9 Å².